The van der Waals surface area contributed by atoms with E-state index in [1.165, 1.54) is 34.6 Å². The molecule has 1 aromatic carbocycles. The molecule has 0 saturated carbocycles. The molecule has 642 valence electrons. The van der Waals surface area contributed by atoms with Crippen LogP contribution in [0.25, 0.3) is 0 Å². The van der Waals surface area contributed by atoms with E-state index in [0.29, 0.717) is 64.5 Å². The minimum absolute atomic E-state index is 0.0141. The highest BCUT2D eigenvalue weighted by Crippen LogP contribution is 2.16. The summed E-state index contributed by atoms with van der Waals surface area (Å²) < 4.78 is 0. The van der Waals surface area contributed by atoms with Gasteiger partial charge in [-0.05, 0) is 212 Å². The molecule has 0 saturated heterocycles. The van der Waals surface area contributed by atoms with E-state index in [1.54, 1.807) is 13.8 Å². The van der Waals surface area contributed by atoms with Gasteiger partial charge in [-0.1, -0.05) is 99.6 Å². The van der Waals surface area contributed by atoms with Crippen LogP contribution >= 0.6 is 0 Å². The average Bonchev–Trinajstić information content (AvgIpc) is 0.865. The first-order valence-corrected chi connectivity index (χ1v) is 40.2. The lowest BCUT2D eigenvalue weighted by Crippen LogP contribution is -2.60. The Morgan fingerprint density at radius 1 is 0.257 bits per heavy atom. The minimum Gasteiger partial charge on any atom is -0.368 e. The van der Waals surface area contributed by atoms with E-state index in [-0.39, 0.29) is 107 Å². The molecule has 35 nitrogen and oxygen atoms in total. The number of rotatable bonds is 57. The Morgan fingerprint density at radius 2 is 0.451 bits per heavy atom. The maximum absolute atomic E-state index is 14.5. The lowest BCUT2D eigenvalue weighted by Gasteiger charge is -2.28. The van der Waals surface area contributed by atoms with E-state index in [1.807, 2.05) is 85.7 Å². The predicted molar refractivity (Wildman–Crippen MR) is 432 cm³/mol. The van der Waals surface area contributed by atoms with E-state index in [2.05, 4.69) is 74.4 Å². The molecule has 26 N–H and O–H groups in total. The van der Waals surface area contributed by atoms with E-state index >= 15 is 0 Å². The van der Waals surface area contributed by atoms with E-state index in [4.69, 9.17) is 34.4 Å². The normalized spacial score (nSPS) is 15.4. The molecule has 0 spiro atoms. The van der Waals surface area contributed by atoms with Crippen LogP contribution in [0, 0.1) is 29.6 Å². The van der Waals surface area contributed by atoms with Gasteiger partial charge in [0.2, 0.25) is 88.6 Å². The summed E-state index contributed by atoms with van der Waals surface area (Å²) in [6, 6.07) is -8.93. The lowest BCUT2D eigenvalue weighted by molar-refractivity contribution is -0.136. The first-order valence-electron chi connectivity index (χ1n) is 40.2. The molecular weight excluding hydrogens is 1460 g/mol. The fourth-order valence-electron chi connectivity index (χ4n) is 12.0. The van der Waals surface area contributed by atoms with Crippen molar-refractivity contribution < 1.29 is 71.9 Å². The Kier molecular flexibility index (Phi) is 49.4. The second-order valence-electron chi connectivity index (χ2n) is 31.7. The van der Waals surface area contributed by atoms with Crippen molar-refractivity contribution in [2.75, 3.05) is 26.2 Å². The van der Waals surface area contributed by atoms with Gasteiger partial charge in [-0.15, -0.1) is 0 Å². The van der Waals surface area contributed by atoms with Gasteiger partial charge < -0.3 is 109 Å². The SMILES string of the molecule is CC(C)C[C@H](NC(=O)[C@H](C)NC(=O)[C@H](CCCCN)NC(=O)[C@H](CC(C)C)NC(=O)[C@H](C)NC(=O)[C@H](CCCCN)NC(=O)[C@H](CC(C)C)NC(=O)[C@H](CC(C)C)NC(=O)[C@H](C)NC(=O)[C@H](CCCCN)NC(=O)[C@H](CC(C)C)NC(=O)[C@H](C)NC(=O)[C@H](CCCCN)NC(=O)[C@H](C)NC(=O)[C@@H](N)Cc1ccccc1)C(N)=O. The summed E-state index contributed by atoms with van der Waals surface area (Å²) in [5.74, 6) is -11.8. The Balaban J connectivity index is 3.38. The highest BCUT2D eigenvalue weighted by Gasteiger charge is 2.37. The van der Waals surface area contributed by atoms with Gasteiger partial charge in [-0.25, -0.2) is 0 Å². The summed E-state index contributed by atoms with van der Waals surface area (Å²) in [6.45, 7) is 26.3. The largest absolute Gasteiger partial charge is 0.368 e. The standard InChI is InChI=1S/C78H140N20O15/c1-43(2)37-59(64(84)99)94-66(101)49(12)86-72(107)56(30-20-24-34-80)91-75(110)61(39-45(5)6)96-68(103)51(14)88-74(109)58(32-22-26-36-82)93-77(112)63(41-47(9)10)98-78(113)62(40-46(7)8)97-69(104)52(15)89-73(108)57(31-21-25-35-81)92-76(111)60(38-44(3)4)95-67(102)50(13)87-71(106)55(29-19-23-33-79)90-65(100)48(11)85-70(105)54(83)42-53-27-17-16-18-28-53/h16-18,27-28,43-52,54-63H,19-26,29-42,79-83H2,1-15H3,(H2,84,99)(H,85,105)(H,86,107)(H,87,106)(H,88,109)(H,89,108)(H,90,100)(H,91,110)(H,92,111)(H,93,112)(H,94,101)(H,95,102)(H,96,103)(H,97,104)(H,98,113)/t48-,49-,50-,51-,52-,54-,55-,56-,57-,58-,59-,60-,61-,62-,63-/m0/s1. The van der Waals surface area contributed by atoms with Crippen LogP contribution in [0.15, 0.2) is 30.3 Å². The van der Waals surface area contributed by atoms with Gasteiger partial charge in [0.1, 0.15) is 84.6 Å². The van der Waals surface area contributed by atoms with Crippen molar-refractivity contribution in [1.29, 1.82) is 0 Å². The third kappa shape index (κ3) is 41.6. The molecule has 35 heteroatoms. The number of hydrogen-bond donors (Lipinski definition) is 20. The molecule has 1 rings (SSSR count). The van der Waals surface area contributed by atoms with E-state index < -0.39 is 179 Å². The van der Waals surface area contributed by atoms with Crippen LogP contribution in [0.3, 0.4) is 0 Å². The maximum Gasteiger partial charge on any atom is 0.243 e. The molecule has 0 radical (unpaired) electrons. The molecule has 15 atom stereocenters. The Hall–Kier alpha value is -8.93. The Morgan fingerprint density at radius 3 is 0.681 bits per heavy atom. The van der Waals surface area contributed by atoms with Crippen molar-refractivity contribution in [1.82, 2.24) is 74.4 Å². The van der Waals surface area contributed by atoms with Crippen LogP contribution < -0.4 is 109 Å². The van der Waals surface area contributed by atoms with Crippen molar-refractivity contribution in [3.8, 4) is 0 Å². The predicted octanol–water partition coefficient (Wildman–Crippen LogP) is -1.33. The summed E-state index contributed by atoms with van der Waals surface area (Å²) in [7, 11) is 0. The number of carbonyl (C=O) groups excluding carboxylic acids is 15. The Labute approximate surface area is 668 Å². The number of carbonyl (C=O) groups is 15. The van der Waals surface area contributed by atoms with Gasteiger partial charge in [-0.2, -0.15) is 0 Å². The first kappa shape index (κ1) is 102. The number of unbranched alkanes of at least 4 members (excludes halogenated alkanes) is 4. The molecule has 113 heavy (non-hydrogen) atoms. The van der Waals surface area contributed by atoms with Crippen LogP contribution in [0.5, 0.6) is 0 Å². The summed E-state index contributed by atoms with van der Waals surface area (Å²) in [5, 5.41) is 37.4. The minimum atomic E-state index is -1.33. The molecule has 15 amide bonds. The van der Waals surface area contributed by atoms with Crippen LogP contribution in [0.4, 0.5) is 0 Å². The average molecular weight is 1600 g/mol. The van der Waals surface area contributed by atoms with Gasteiger partial charge in [0, 0.05) is 0 Å². The molecule has 0 aliphatic heterocycles. The van der Waals surface area contributed by atoms with Crippen molar-refractivity contribution in [3.05, 3.63) is 35.9 Å². The topological polar surface area (TPSA) is 581 Å². The summed E-state index contributed by atoms with van der Waals surface area (Å²) in [6.07, 6.45) is 4.56. The number of nitrogens with two attached hydrogens (primary N) is 6. The van der Waals surface area contributed by atoms with Gasteiger partial charge in [0.25, 0.3) is 0 Å². The Bertz CT molecular complexity index is 3180. The monoisotopic (exact) mass is 1600 g/mol. The quantitative estimate of drug-likeness (QED) is 0.0336. The molecule has 0 bridgehead atoms. The number of amides is 15. The van der Waals surface area contributed by atoms with Gasteiger partial charge >= 0.3 is 0 Å². The molecule has 0 aliphatic carbocycles. The molecule has 0 aromatic heterocycles. The zero-order chi connectivity index (χ0) is 85.8. The van der Waals surface area contributed by atoms with Crippen LogP contribution in [0.2, 0.25) is 0 Å². The smallest absolute Gasteiger partial charge is 0.243 e. The highest BCUT2D eigenvalue weighted by atomic mass is 16.2. The zero-order valence-corrected chi connectivity index (χ0v) is 69.6. The third-order valence-corrected chi connectivity index (χ3v) is 18.4. The van der Waals surface area contributed by atoms with E-state index in [0.717, 1.165) is 5.56 Å². The molecule has 0 unspecified atom stereocenters. The fourth-order valence-corrected chi connectivity index (χ4v) is 12.0. The second-order valence-corrected chi connectivity index (χ2v) is 31.7. The molecule has 1 aromatic rings. The summed E-state index contributed by atoms with van der Waals surface area (Å²) in [4.78, 5) is 207. The van der Waals surface area contributed by atoms with Crippen LogP contribution in [-0.2, 0) is 78.3 Å². The van der Waals surface area contributed by atoms with Gasteiger partial charge in [-0.3, -0.25) is 71.9 Å². The molecule has 0 fully saturated rings. The van der Waals surface area contributed by atoms with Gasteiger partial charge in [0.05, 0.1) is 6.04 Å². The van der Waals surface area contributed by atoms with Gasteiger partial charge in [0.15, 0.2) is 0 Å². The number of hydrogen-bond acceptors (Lipinski definition) is 20. The third-order valence-electron chi connectivity index (χ3n) is 18.4. The summed E-state index contributed by atoms with van der Waals surface area (Å²) in [5.41, 5.74) is 35.6. The fraction of sp³-hybridized carbons (Fsp3) is 0.731. The number of primary amides is 1. The van der Waals surface area contributed by atoms with Crippen molar-refractivity contribution in [2.45, 2.75) is 310 Å². The lowest BCUT2D eigenvalue weighted by atomic mass is 9.99. The van der Waals surface area contributed by atoms with E-state index in [9.17, 15) is 71.9 Å². The second kappa shape index (κ2) is 54.7. The maximum atomic E-state index is 14.5. The molecular formula is C78H140N20O15. The number of benzene rings is 1. The number of nitrogens with one attached hydrogen (secondary N) is 14. The van der Waals surface area contributed by atoms with Crippen molar-refractivity contribution in [3.63, 3.8) is 0 Å². The molecule has 0 aliphatic rings. The summed E-state index contributed by atoms with van der Waals surface area (Å²) >= 11 is 0. The highest BCUT2D eigenvalue weighted by molar-refractivity contribution is 6.00. The van der Waals surface area contributed by atoms with Crippen LogP contribution in [-0.4, -0.2) is 205 Å². The van der Waals surface area contributed by atoms with Crippen LogP contribution in [0.1, 0.15) is 219 Å². The first-order chi connectivity index (χ1) is 53.1. The van der Waals surface area contributed by atoms with Crippen molar-refractivity contribution in [2.24, 2.45) is 64.0 Å². The zero-order valence-electron chi connectivity index (χ0n) is 69.6. The molecule has 0 heterocycles. The van der Waals surface area contributed by atoms with Crippen molar-refractivity contribution >= 4 is 88.6 Å².